The van der Waals surface area contributed by atoms with E-state index < -0.39 is 16.0 Å². The molecule has 0 aliphatic heterocycles. The van der Waals surface area contributed by atoms with Crippen molar-refractivity contribution in [3.8, 4) is 0 Å². The van der Waals surface area contributed by atoms with Gasteiger partial charge >= 0.3 is 5.97 Å². The normalized spacial score (nSPS) is 17.0. The Morgan fingerprint density at radius 3 is 2.67 bits per heavy atom. The summed E-state index contributed by atoms with van der Waals surface area (Å²) in [5.41, 5.74) is 0.238. The molecule has 1 aliphatic carbocycles. The minimum absolute atomic E-state index is 0.0565. The Morgan fingerprint density at radius 2 is 2.14 bits per heavy atom. The van der Waals surface area contributed by atoms with Gasteiger partial charge in [0.15, 0.2) is 5.03 Å². The summed E-state index contributed by atoms with van der Waals surface area (Å²) in [4.78, 5) is 11.5. The van der Waals surface area contributed by atoms with Crippen LogP contribution in [0.4, 0.5) is 0 Å². The maximum Gasteiger partial charge on any atom is 0.339 e. The van der Waals surface area contributed by atoms with Gasteiger partial charge in [-0.25, -0.2) is 13.2 Å². The molecular formula is C14H22N2O4S. The van der Waals surface area contributed by atoms with Crippen LogP contribution in [0.25, 0.3) is 0 Å². The molecule has 118 valence electrons. The molecule has 1 unspecified atom stereocenters. The lowest BCUT2D eigenvalue weighted by Gasteiger charge is -2.24. The standard InChI is InChI=1S/C14H22N2O4S/c1-10(7-11-5-6-11)16(3)21(18,19)13-8-12(9-15(13)2)14(17)20-4/h8-11H,5-7H2,1-4H3. The molecule has 0 spiro atoms. The van der Waals surface area contributed by atoms with Crippen molar-refractivity contribution in [3.05, 3.63) is 17.8 Å². The monoisotopic (exact) mass is 314 g/mol. The summed E-state index contributed by atoms with van der Waals surface area (Å²) in [5, 5.41) is 0.105. The number of aromatic nitrogens is 1. The van der Waals surface area contributed by atoms with Gasteiger partial charge in [0.05, 0.1) is 12.7 Å². The first-order chi connectivity index (χ1) is 9.77. The fourth-order valence-corrected chi connectivity index (χ4v) is 3.95. The van der Waals surface area contributed by atoms with Crippen LogP contribution in [0.1, 0.15) is 36.5 Å². The summed E-state index contributed by atoms with van der Waals surface area (Å²) in [6, 6.07) is 1.31. The Labute approximate surface area is 125 Å². The second kappa shape index (κ2) is 5.81. The Hall–Kier alpha value is -1.34. The van der Waals surface area contributed by atoms with E-state index in [1.807, 2.05) is 6.92 Å². The molecule has 1 aromatic rings. The van der Waals surface area contributed by atoms with Gasteiger partial charge < -0.3 is 9.30 Å². The van der Waals surface area contributed by atoms with Crippen molar-refractivity contribution in [2.45, 2.75) is 37.3 Å². The van der Waals surface area contributed by atoms with E-state index in [9.17, 15) is 13.2 Å². The van der Waals surface area contributed by atoms with Crippen molar-refractivity contribution in [2.24, 2.45) is 13.0 Å². The molecule has 1 atom stereocenters. The van der Waals surface area contributed by atoms with Crippen molar-refractivity contribution in [1.82, 2.24) is 8.87 Å². The van der Waals surface area contributed by atoms with Gasteiger partial charge in [-0.2, -0.15) is 4.31 Å². The van der Waals surface area contributed by atoms with Crippen LogP contribution in [0.2, 0.25) is 0 Å². The largest absolute Gasteiger partial charge is 0.465 e. The van der Waals surface area contributed by atoms with E-state index in [2.05, 4.69) is 4.74 Å². The summed E-state index contributed by atoms with van der Waals surface area (Å²) >= 11 is 0. The lowest BCUT2D eigenvalue weighted by molar-refractivity contribution is 0.0600. The highest BCUT2D eigenvalue weighted by atomic mass is 32.2. The number of hydrogen-bond acceptors (Lipinski definition) is 4. The van der Waals surface area contributed by atoms with Crippen LogP contribution in [0.3, 0.4) is 0 Å². The molecule has 1 aromatic heterocycles. The minimum Gasteiger partial charge on any atom is -0.465 e. The number of carbonyl (C=O) groups is 1. The Balaban J connectivity index is 2.25. The third-order valence-corrected chi connectivity index (χ3v) is 6.07. The number of hydrogen-bond donors (Lipinski definition) is 0. The number of nitrogens with zero attached hydrogens (tertiary/aromatic N) is 2. The number of aryl methyl sites for hydroxylation is 1. The molecule has 2 rings (SSSR count). The number of rotatable bonds is 6. The third kappa shape index (κ3) is 3.29. The van der Waals surface area contributed by atoms with Gasteiger partial charge in [0.1, 0.15) is 0 Å². The summed E-state index contributed by atoms with van der Waals surface area (Å²) < 4.78 is 32.8. The number of carbonyl (C=O) groups excluding carboxylic acids is 1. The molecule has 6 nitrogen and oxygen atoms in total. The quantitative estimate of drug-likeness (QED) is 0.748. The van der Waals surface area contributed by atoms with E-state index >= 15 is 0 Å². The second-order valence-corrected chi connectivity index (χ2v) is 7.66. The molecule has 0 N–H and O–H groups in total. The molecule has 1 aliphatic rings. The van der Waals surface area contributed by atoms with Gasteiger partial charge in [-0.3, -0.25) is 0 Å². The Bertz CT molecular complexity index is 631. The number of methoxy groups -OCH3 is 1. The first-order valence-electron chi connectivity index (χ1n) is 7.00. The van der Waals surface area contributed by atoms with Crippen molar-refractivity contribution in [3.63, 3.8) is 0 Å². The molecule has 1 fully saturated rings. The van der Waals surface area contributed by atoms with E-state index in [0.29, 0.717) is 5.92 Å². The van der Waals surface area contributed by atoms with Gasteiger partial charge in [0.2, 0.25) is 0 Å². The van der Waals surface area contributed by atoms with Crippen LogP contribution < -0.4 is 0 Å². The topological polar surface area (TPSA) is 68.6 Å². The highest BCUT2D eigenvalue weighted by Gasteiger charge is 2.32. The Kier molecular flexibility index (Phi) is 4.43. The molecule has 0 saturated heterocycles. The molecule has 21 heavy (non-hydrogen) atoms. The lowest BCUT2D eigenvalue weighted by atomic mass is 10.2. The molecule has 7 heteroatoms. The second-order valence-electron chi connectivity index (χ2n) is 5.72. The van der Waals surface area contributed by atoms with Gasteiger partial charge in [-0.05, 0) is 25.3 Å². The van der Waals surface area contributed by atoms with Crippen molar-refractivity contribution in [2.75, 3.05) is 14.2 Å². The first kappa shape index (κ1) is 16.0. The minimum atomic E-state index is -3.62. The van der Waals surface area contributed by atoms with Crippen molar-refractivity contribution in [1.29, 1.82) is 0 Å². The summed E-state index contributed by atoms with van der Waals surface area (Å²) in [6.07, 6.45) is 4.73. The molecule has 0 amide bonds. The van der Waals surface area contributed by atoms with Gasteiger partial charge in [-0.1, -0.05) is 12.8 Å². The fourth-order valence-electron chi connectivity index (χ4n) is 2.40. The fraction of sp³-hybridized carbons (Fsp3) is 0.643. The maximum atomic E-state index is 12.7. The molecule has 0 aromatic carbocycles. The summed E-state index contributed by atoms with van der Waals surface area (Å²) in [7, 11) is 0.852. The molecule has 0 bridgehead atoms. The zero-order valence-electron chi connectivity index (χ0n) is 12.9. The molecule has 1 heterocycles. The summed E-state index contributed by atoms with van der Waals surface area (Å²) in [5.74, 6) is 0.109. The smallest absolute Gasteiger partial charge is 0.339 e. The van der Waals surface area contributed by atoms with Crippen molar-refractivity contribution >= 4 is 16.0 Å². The van der Waals surface area contributed by atoms with Gasteiger partial charge in [-0.15, -0.1) is 0 Å². The lowest BCUT2D eigenvalue weighted by Crippen LogP contribution is -2.36. The average molecular weight is 314 g/mol. The average Bonchev–Trinajstić information content (AvgIpc) is 3.16. The Morgan fingerprint density at radius 1 is 1.52 bits per heavy atom. The van der Waals surface area contributed by atoms with E-state index in [4.69, 9.17) is 0 Å². The van der Waals surface area contributed by atoms with E-state index in [1.54, 1.807) is 14.1 Å². The number of esters is 1. The SMILES string of the molecule is COC(=O)c1cc(S(=O)(=O)N(C)C(C)CC2CC2)n(C)c1. The van der Waals surface area contributed by atoms with Crippen LogP contribution in [-0.4, -0.2) is 43.5 Å². The summed E-state index contributed by atoms with van der Waals surface area (Å²) in [6.45, 7) is 1.92. The number of ether oxygens (including phenoxy) is 1. The van der Waals surface area contributed by atoms with Crippen molar-refractivity contribution < 1.29 is 17.9 Å². The van der Waals surface area contributed by atoms with E-state index in [1.165, 1.54) is 41.1 Å². The number of sulfonamides is 1. The van der Waals surface area contributed by atoms with Gasteiger partial charge in [0.25, 0.3) is 10.0 Å². The zero-order chi connectivity index (χ0) is 15.8. The van der Waals surface area contributed by atoms with Crippen LogP contribution in [0.5, 0.6) is 0 Å². The van der Waals surface area contributed by atoms with Crippen LogP contribution >= 0.6 is 0 Å². The van der Waals surface area contributed by atoms with E-state index in [-0.39, 0.29) is 16.6 Å². The van der Waals surface area contributed by atoms with Gasteiger partial charge in [0, 0.05) is 26.3 Å². The van der Waals surface area contributed by atoms with E-state index in [0.717, 1.165) is 6.42 Å². The molecular weight excluding hydrogens is 292 g/mol. The highest BCUT2D eigenvalue weighted by molar-refractivity contribution is 7.89. The van der Waals surface area contributed by atoms with Crippen LogP contribution in [0.15, 0.2) is 17.3 Å². The zero-order valence-corrected chi connectivity index (χ0v) is 13.7. The predicted molar refractivity (Wildman–Crippen MR) is 78.5 cm³/mol. The highest BCUT2D eigenvalue weighted by Crippen LogP contribution is 2.35. The predicted octanol–water partition coefficient (Wildman–Crippen LogP) is 1.62. The van der Waals surface area contributed by atoms with Crippen LogP contribution in [0, 0.1) is 5.92 Å². The van der Waals surface area contributed by atoms with Crippen LogP contribution in [-0.2, 0) is 21.8 Å². The third-order valence-electron chi connectivity index (χ3n) is 4.02. The molecule has 0 radical (unpaired) electrons. The maximum absolute atomic E-state index is 12.7. The first-order valence-corrected chi connectivity index (χ1v) is 8.44. The molecule has 1 saturated carbocycles.